The third kappa shape index (κ3) is 1.80. The van der Waals surface area contributed by atoms with Crippen molar-refractivity contribution in [2.24, 2.45) is 0 Å². The first kappa shape index (κ1) is 11.8. The minimum atomic E-state index is -0.127. The first-order valence-corrected chi connectivity index (χ1v) is 8.12. The molecule has 1 heterocycles. The van der Waals surface area contributed by atoms with E-state index >= 15 is 0 Å². The SMILES string of the molecule is CCC1NC2(CC2)C(=O)N1C1CCC(SC)C1. The molecule has 4 heteroatoms. The van der Waals surface area contributed by atoms with Crippen LogP contribution in [0.2, 0.25) is 0 Å². The van der Waals surface area contributed by atoms with Crippen LogP contribution in [0.4, 0.5) is 0 Å². The Morgan fingerprint density at radius 1 is 1.47 bits per heavy atom. The van der Waals surface area contributed by atoms with Crippen LogP contribution in [-0.2, 0) is 4.79 Å². The van der Waals surface area contributed by atoms with Crippen molar-refractivity contribution in [2.75, 3.05) is 6.26 Å². The number of thioether (sulfide) groups is 1. The molecule has 1 aliphatic heterocycles. The maximum Gasteiger partial charge on any atom is 0.244 e. The second-order valence-electron chi connectivity index (χ2n) is 5.69. The fourth-order valence-corrected chi connectivity index (χ4v) is 4.21. The highest BCUT2D eigenvalue weighted by Crippen LogP contribution is 2.45. The summed E-state index contributed by atoms with van der Waals surface area (Å²) in [4.78, 5) is 14.7. The number of carbonyl (C=O) groups is 1. The number of hydrogen-bond donors (Lipinski definition) is 1. The smallest absolute Gasteiger partial charge is 0.244 e. The van der Waals surface area contributed by atoms with Crippen LogP contribution in [0.5, 0.6) is 0 Å². The average Bonchev–Trinajstić information content (AvgIpc) is 2.87. The lowest BCUT2D eigenvalue weighted by Crippen LogP contribution is -2.43. The van der Waals surface area contributed by atoms with E-state index in [1.165, 1.54) is 19.3 Å². The molecule has 3 aliphatic rings. The molecule has 1 N–H and O–H groups in total. The third-order valence-corrected chi connectivity index (χ3v) is 5.74. The van der Waals surface area contributed by atoms with Gasteiger partial charge < -0.3 is 4.90 Å². The van der Waals surface area contributed by atoms with Crippen LogP contribution in [-0.4, -0.2) is 40.1 Å². The molecule has 0 aromatic rings. The lowest BCUT2D eigenvalue weighted by molar-refractivity contribution is -0.132. The van der Waals surface area contributed by atoms with Crippen molar-refractivity contribution in [3.63, 3.8) is 0 Å². The maximum absolute atomic E-state index is 12.5. The van der Waals surface area contributed by atoms with Crippen molar-refractivity contribution in [3.8, 4) is 0 Å². The van der Waals surface area contributed by atoms with Crippen LogP contribution in [0.1, 0.15) is 45.4 Å². The van der Waals surface area contributed by atoms with Crippen molar-refractivity contribution < 1.29 is 4.79 Å². The van der Waals surface area contributed by atoms with Crippen molar-refractivity contribution >= 4 is 17.7 Å². The van der Waals surface area contributed by atoms with Crippen LogP contribution >= 0.6 is 11.8 Å². The van der Waals surface area contributed by atoms with E-state index < -0.39 is 0 Å². The van der Waals surface area contributed by atoms with Crippen LogP contribution < -0.4 is 5.32 Å². The van der Waals surface area contributed by atoms with Crippen LogP contribution in [0.25, 0.3) is 0 Å². The minimum Gasteiger partial charge on any atom is -0.323 e. The number of nitrogens with zero attached hydrogens (tertiary/aromatic N) is 1. The van der Waals surface area contributed by atoms with Gasteiger partial charge in [0.25, 0.3) is 0 Å². The van der Waals surface area contributed by atoms with Crippen LogP contribution in [0.15, 0.2) is 0 Å². The van der Waals surface area contributed by atoms with E-state index in [0.717, 1.165) is 24.5 Å². The molecule has 0 aromatic carbocycles. The fourth-order valence-electron chi connectivity index (χ4n) is 3.43. The Kier molecular flexibility index (Phi) is 2.90. The molecule has 2 saturated carbocycles. The first-order chi connectivity index (χ1) is 8.20. The average molecular weight is 254 g/mol. The highest BCUT2D eigenvalue weighted by atomic mass is 32.2. The number of carbonyl (C=O) groups excluding carboxylic acids is 1. The van der Waals surface area contributed by atoms with Gasteiger partial charge in [0.15, 0.2) is 0 Å². The predicted molar refractivity (Wildman–Crippen MR) is 71.0 cm³/mol. The van der Waals surface area contributed by atoms with Gasteiger partial charge in [-0.1, -0.05) is 6.92 Å². The van der Waals surface area contributed by atoms with E-state index in [1.807, 2.05) is 11.8 Å². The van der Waals surface area contributed by atoms with Gasteiger partial charge in [0.2, 0.25) is 5.91 Å². The van der Waals surface area contributed by atoms with Crippen molar-refractivity contribution in [1.82, 2.24) is 10.2 Å². The Bertz CT molecular complexity index is 329. The summed E-state index contributed by atoms with van der Waals surface area (Å²) < 4.78 is 0. The van der Waals surface area contributed by atoms with Gasteiger partial charge in [0.05, 0.1) is 11.7 Å². The highest BCUT2D eigenvalue weighted by molar-refractivity contribution is 7.99. The maximum atomic E-state index is 12.5. The molecule has 3 atom stereocenters. The summed E-state index contributed by atoms with van der Waals surface area (Å²) in [5.41, 5.74) is -0.127. The Morgan fingerprint density at radius 3 is 2.76 bits per heavy atom. The third-order valence-electron chi connectivity index (χ3n) is 4.64. The van der Waals surface area contributed by atoms with E-state index in [2.05, 4.69) is 23.4 Å². The zero-order valence-corrected chi connectivity index (χ0v) is 11.6. The monoisotopic (exact) mass is 254 g/mol. The summed E-state index contributed by atoms with van der Waals surface area (Å²) >= 11 is 1.96. The Morgan fingerprint density at radius 2 is 2.24 bits per heavy atom. The van der Waals surface area contributed by atoms with Crippen LogP contribution in [0.3, 0.4) is 0 Å². The summed E-state index contributed by atoms with van der Waals surface area (Å²) in [5.74, 6) is 0.399. The largest absolute Gasteiger partial charge is 0.323 e. The molecule has 3 unspecified atom stereocenters. The van der Waals surface area contributed by atoms with Gasteiger partial charge >= 0.3 is 0 Å². The molecule has 17 heavy (non-hydrogen) atoms. The molecule has 1 spiro atoms. The van der Waals surface area contributed by atoms with Crippen LogP contribution in [0, 0.1) is 0 Å². The number of amides is 1. The molecular formula is C13H22N2OS. The summed E-state index contributed by atoms with van der Waals surface area (Å²) in [7, 11) is 0. The summed E-state index contributed by atoms with van der Waals surface area (Å²) in [6, 6.07) is 0.498. The molecule has 0 bridgehead atoms. The Hall–Kier alpha value is -0.220. The minimum absolute atomic E-state index is 0.127. The molecule has 0 aromatic heterocycles. The van der Waals surface area contributed by atoms with Crippen molar-refractivity contribution in [1.29, 1.82) is 0 Å². The molecule has 1 saturated heterocycles. The molecule has 0 radical (unpaired) electrons. The summed E-state index contributed by atoms with van der Waals surface area (Å²) in [6.07, 6.45) is 9.31. The quantitative estimate of drug-likeness (QED) is 0.836. The van der Waals surface area contributed by atoms with E-state index in [1.54, 1.807) is 0 Å². The topological polar surface area (TPSA) is 32.3 Å². The summed E-state index contributed by atoms with van der Waals surface area (Å²) in [6.45, 7) is 2.18. The van der Waals surface area contributed by atoms with E-state index in [0.29, 0.717) is 18.1 Å². The van der Waals surface area contributed by atoms with Gasteiger partial charge in [-0.2, -0.15) is 11.8 Å². The molecule has 3 rings (SSSR count). The fraction of sp³-hybridized carbons (Fsp3) is 0.923. The van der Waals surface area contributed by atoms with Gasteiger partial charge in [0, 0.05) is 11.3 Å². The number of nitrogens with one attached hydrogen (secondary N) is 1. The molecular weight excluding hydrogens is 232 g/mol. The number of hydrogen-bond acceptors (Lipinski definition) is 3. The van der Waals surface area contributed by atoms with Gasteiger partial charge in [-0.15, -0.1) is 0 Å². The zero-order chi connectivity index (χ0) is 12.0. The molecule has 96 valence electrons. The van der Waals surface area contributed by atoms with E-state index in [4.69, 9.17) is 0 Å². The van der Waals surface area contributed by atoms with Crippen molar-refractivity contribution in [2.45, 2.75) is 68.4 Å². The van der Waals surface area contributed by atoms with Crippen molar-refractivity contribution in [3.05, 3.63) is 0 Å². The highest BCUT2D eigenvalue weighted by Gasteiger charge is 2.60. The Labute approximate surface area is 108 Å². The van der Waals surface area contributed by atoms with Gasteiger partial charge in [0.1, 0.15) is 0 Å². The molecule has 2 aliphatic carbocycles. The zero-order valence-electron chi connectivity index (χ0n) is 10.7. The second kappa shape index (κ2) is 4.16. The Balaban J connectivity index is 1.75. The normalized spacial score (nSPS) is 39.3. The second-order valence-corrected chi connectivity index (χ2v) is 6.83. The van der Waals surface area contributed by atoms with Gasteiger partial charge in [-0.05, 0) is 44.8 Å². The van der Waals surface area contributed by atoms with E-state index in [-0.39, 0.29) is 5.54 Å². The first-order valence-electron chi connectivity index (χ1n) is 6.83. The van der Waals surface area contributed by atoms with E-state index in [9.17, 15) is 4.79 Å². The number of rotatable bonds is 3. The van der Waals surface area contributed by atoms with Gasteiger partial charge in [-0.25, -0.2) is 0 Å². The van der Waals surface area contributed by atoms with Gasteiger partial charge in [-0.3, -0.25) is 10.1 Å². The predicted octanol–water partition coefficient (Wildman–Crippen LogP) is 1.97. The summed E-state index contributed by atoms with van der Waals surface area (Å²) in [5, 5.41) is 4.34. The molecule has 3 fully saturated rings. The lowest BCUT2D eigenvalue weighted by atomic mass is 10.2. The molecule has 1 amide bonds. The lowest BCUT2D eigenvalue weighted by Gasteiger charge is -2.29. The molecule has 3 nitrogen and oxygen atoms in total. The standard InChI is InChI=1S/C13H22N2OS/c1-3-11-14-13(6-7-13)12(16)15(11)9-4-5-10(8-9)17-2/h9-11,14H,3-8H2,1-2H3.